The van der Waals surface area contributed by atoms with Crippen LogP contribution < -0.4 is 0 Å². The zero-order chi connectivity index (χ0) is 15.2. The van der Waals surface area contributed by atoms with Gasteiger partial charge in [-0.3, -0.25) is 9.78 Å². The van der Waals surface area contributed by atoms with E-state index in [0.717, 1.165) is 0 Å². The first-order valence-electron chi connectivity index (χ1n) is 5.74. The van der Waals surface area contributed by atoms with Crippen molar-refractivity contribution in [3.8, 4) is 11.5 Å². The third-order valence-corrected chi connectivity index (χ3v) is 2.43. The molecular formula is C14H10O7. The van der Waals surface area contributed by atoms with Gasteiger partial charge in [-0.05, 0) is 48.5 Å². The van der Waals surface area contributed by atoms with Gasteiger partial charge in [-0.25, -0.2) is 9.59 Å². The third-order valence-electron chi connectivity index (χ3n) is 2.43. The number of hydrogen-bond donors (Lipinski definition) is 2. The van der Waals surface area contributed by atoms with Gasteiger partial charge in [0.25, 0.3) is 0 Å². The van der Waals surface area contributed by atoms with Gasteiger partial charge in [-0.1, -0.05) is 0 Å². The summed E-state index contributed by atoms with van der Waals surface area (Å²) in [6.45, 7) is 0. The smallest absolute Gasteiger partial charge is 0.377 e. The van der Waals surface area contributed by atoms with Crippen LogP contribution in [0.2, 0.25) is 0 Å². The maximum absolute atomic E-state index is 11.5. The lowest BCUT2D eigenvalue weighted by atomic mass is 10.2. The minimum atomic E-state index is -0.895. The molecule has 21 heavy (non-hydrogen) atoms. The Morgan fingerprint density at radius 1 is 0.667 bits per heavy atom. The van der Waals surface area contributed by atoms with Crippen LogP contribution in [-0.4, -0.2) is 22.2 Å². The first kappa shape index (κ1) is 14.4. The second kappa shape index (κ2) is 6.40. The number of carbonyl (C=O) groups is 2. The van der Waals surface area contributed by atoms with Crippen molar-refractivity contribution in [3.63, 3.8) is 0 Å². The van der Waals surface area contributed by atoms with E-state index in [-0.39, 0.29) is 22.6 Å². The van der Waals surface area contributed by atoms with E-state index in [0.29, 0.717) is 0 Å². The van der Waals surface area contributed by atoms with E-state index in [9.17, 15) is 9.59 Å². The Bertz CT molecular complexity index is 574. The highest BCUT2D eigenvalue weighted by molar-refractivity contribution is 5.90. The summed E-state index contributed by atoms with van der Waals surface area (Å²) in [6.07, 6.45) is 0. The molecule has 0 fully saturated rings. The largest absolute Gasteiger partial charge is 0.508 e. The molecule has 0 aliphatic carbocycles. The lowest BCUT2D eigenvalue weighted by Gasteiger charge is -2.03. The highest BCUT2D eigenvalue weighted by Gasteiger charge is 2.12. The van der Waals surface area contributed by atoms with Gasteiger partial charge in [-0.15, -0.1) is 0 Å². The number of hydrogen-bond acceptors (Lipinski definition) is 7. The van der Waals surface area contributed by atoms with E-state index in [1.165, 1.54) is 48.5 Å². The summed E-state index contributed by atoms with van der Waals surface area (Å²) >= 11 is 0. The van der Waals surface area contributed by atoms with Crippen molar-refractivity contribution in [3.05, 3.63) is 59.7 Å². The van der Waals surface area contributed by atoms with E-state index >= 15 is 0 Å². The number of benzene rings is 2. The van der Waals surface area contributed by atoms with Gasteiger partial charge in [0.1, 0.15) is 11.5 Å². The van der Waals surface area contributed by atoms with Crippen LogP contribution in [0.4, 0.5) is 0 Å². The van der Waals surface area contributed by atoms with Gasteiger partial charge >= 0.3 is 11.9 Å². The van der Waals surface area contributed by atoms with Crippen LogP contribution in [0.25, 0.3) is 0 Å². The molecule has 7 heteroatoms. The molecule has 0 saturated carbocycles. The number of carbonyl (C=O) groups excluding carboxylic acids is 2. The number of phenols is 2. The maximum Gasteiger partial charge on any atom is 0.377 e. The summed E-state index contributed by atoms with van der Waals surface area (Å²) in [6, 6.07) is 10.4. The van der Waals surface area contributed by atoms with E-state index in [1.54, 1.807) is 0 Å². The van der Waals surface area contributed by atoms with Crippen molar-refractivity contribution >= 4 is 11.9 Å². The average molecular weight is 290 g/mol. The van der Waals surface area contributed by atoms with Gasteiger partial charge in [-0.2, -0.15) is 0 Å². The van der Waals surface area contributed by atoms with Crippen LogP contribution in [0, 0.1) is 0 Å². The molecule has 0 unspecified atom stereocenters. The number of aromatic hydroxyl groups is 2. The molecule has 0 radical (unpaired) electrons. The van der Waals surface area contributed by atoms with Gasteiger partial charge in [0.15, 0.2) is 0 Å². The molecule has 0 bridgehead atoms. The molecular weight excluding hydrogens is 280 g/mol. The standard InChI is InChI=1S/C14H10O7/c15-11-5-1-9(2-6-11)13(17)19-21-20-14(18)10-3-7-12(16)8-4-10/h1-8,15-16H. The van der Waals surface area contributed by atoms with Crippen LogP contribution in [0.5, 0.6) is 11.5 Å². The molecule has 2 aromatic rings. The van der Waals surface area contributed by atoms with E-state index in [1.807, 2.05) is 0 Å². The van der Waals surface area contributed by atoms with Crippen LogP contribution in [0.1, 0.15) is 20.7 Å². The van der Waals surface area contributed by atoms with Gasteiger partial charge < -0.3 is 10.2 Å². The van der Waals surface area contributed by atoms with E-state index in [4.69, 9.17) is 10.2 Å². The second-order valence-corrected chi connectivity index (χ2v) is 3.90. The molecule has 7 nitrogen and oxygen atoms in total. The van der Waals surface area contributed by atoms with Gasteiger partial charge in [0, 0.05) is 5.04 Å². The normalized spacial score (nSPS) is 9.90. The molecule has 2 rings (SSSR count). The third kappa shape index (κ3) is 3.95. The van der Waals surface area contributed by atoms with E-state index < -0.39 is 11.9 Å². The molecule has 2 aromatic carbocycles. The van der Waals surface area contributed by atoms with Crippen molar-refractivity contribution in [2.45, 2.75) is 0 Å². The van der Waals surface area contributed by atoms with Crippen molar-refractivity contribution in [2.24, 2.45) is 0 Å². The molecule has 0 spiro atoms. The SMILES string of the molecule is O=C(OOOC(=O)c1ccc(O)cc1)c1ccc(O)cc1. The monoisotopic (exact) mass is 290 g/mol. The first-order valence-corrected chi connectivity index (χ1v) is 5.74. The van der Waals surface area contributed by atoms with Crippen molar-refractivity contribution in [2.75, 3.05) is 0 Å². The Labute approximate surface area is 118 Å². The molecule has 0 aliphatic heterocycles. The Morgan fingerprint density at radius 3 is 1.33 bits per heavy atom. The molecule has 2 N–H and O–H groups in total. The van der Waals surface area contributed by atoms with E-state index in [2.05, 4.69) is 14.8 Å². The fourth-order valence-electron chi connectivity index (χ4n) is 1.37. The Kier molecular flexibility index (Phi) is 4.37. The lowest BCUT2D eigenvalue weighted by molar-refractivity contribution is -0.446. The predicted molar refractivity (Wildman–Crippen MR) is 68.1 cm³/mol. The average Bonchev–Trinajstić information content (AvgIpc) is 2.48. The fraction of sp³-hybridized carbons (Fsp3) is 0. The van der Waals surface area contributed by atoms with Crippen molar-refractivity contribution in [1.82, 2.24) is 0 Å². The molecule has 0 saturated heterocycles. The molecule has 0 aromatic heterocycles. The molecule has 0 aliphatic rings. The zero-order valence-electron chi connectivity index (χ0n) is 10.6. The highest BCUT2D eigenvalue weighted by atomic mass is 17.5. The Balaban J connectivity index is 1.83. The number of phenolic OH excluding ortho intramolecular Hbond substituents is 2. The number of rotatable bonds is 4. The summed E-state index contributed by atoms with van der Waals surface area (Å²) in [7, 11) is 0. The maximum atomic E-state index is 11.5. The topological polar surface area (TPSA) is 102 Å². The van der Waals surface area contributed by atoms with Gasteiger partial charge in [0.2, 0.25) is 0 Å². The quantitative estimate of drug-likeness (QED) is 0.655. The second-order valence-electron chi connectivity index (χ2n) is 3.90. The summed E-state index contributed by atoms with van der Waals surface area (Å²) in [5.74, 6) is -1.81. The van der Waals surface area contributed by atoms with Crippen molar-refractivity contribution in [1.29, 1.82) is 0 Å². The van der Waals surface area contributed by atoms with Crippen LogP contribution >= 0.6 is 0 Å². The van der Waals surface area contributed by atoms with Gasteiger partial charge in [0.05, 0.1) is 11.1 Å². The summed E-state index contributed by atoms with van der Waals surface area (Å²) < 4.78 is 0. The highest BCUT2D eigenvalue weighted by Crippen LogP contribution is 2.12. The molecule has 108 valence electrons. The molecule has 0 amide bonds. The minimum absolute atomic E-state index is 0.00812. The summed E-state index contributed by atoms with van der Waals surface area (Å²) in [5, 5.41) is 22.2. The van der Waals surface area contributed by atoms with Crippen LogP contribution in [0.15, 0.2) is 48.5 Å². The molecule has 0 heterocycles. The van der Waals surface area contributed by atoms with Crippen LogP contribution in [0.3, 0.4) is 0 Å². The van der Waals surface area contributed by atoms with Crippen molar-refractivity contribution < 1.29 is 34.6 Å². The minimum Gasteiger partial charge on any atom is -0.508 e. The Morgan fingerprint density at radius 2 is 1.00 bits per heavy atom. The summed E-state index contributed by atoms with van der Waals surface area (Å²) in [5.41, 5.74) is 0.210. The first-order chi connectivity index (χ1) is 10.1. The van der Waals surface area contributed by atoms with Crippen LogP contribution in [-0.2, 0) is 14.8 Å². The lowest BCUT2D eigenvalue weighted by Crippen LogP contribution is -2.11. The fourth-order valence-corrected chi connectivity index (χ4v) is 1.37. The zero-order valence-corrected chi connectivity index (χ0v) is 10.6. The predicted octanol–water partition coefficient (Wildman–Crippen LogP) is 1.96. The Hall–Kier alpha value is -3.06. The molecule has 0 atom stereocenters. The summed E-state index contributed by atoms with van der Waals surface area (Å²) in [4.78, 5) is 31.5.